The summed E-state index contributed by atoms with van der Waals surface area (Å²) < 4.78 is 0. The van der Waals surface area contributed by atoms with Gasteiger partial charge in [0.25, 0.3) is 0 Å². The van der Waals surface area contributed by atoms with E-state index in [2.05, 4.69) is 5.32 Å². The van der Waals surface area contributed by atoms with Gasteiger partial charge in [-0.05, 0) is 5.56 Å². The van der Waals surface area contributed by atoms with Crippen molar-refractivity contribution in [2.45, 2.75) is 25.3 Å². The number of benzene rings is 1. The summed E-state index contributed by atoms with van der Waals surface area (Å²) in [5.41, 5.74) is 6.64. The number of hydrogen-bond donors (Lipinski definition) is 2. The summed E-state index contributed by atoms with van der Waals surface area (Å²) in [7, 11) is 1.60. The molecule has 0 aliphatic carbocycles. The Balaban J connectivity index is 0.00000225. The molecule has 0 unspecified atom stereocenters. The molecule has 0 bridgehead atoms. The Labute approximate surface area is 103 Å². The van der Waals surface area contributed by atoms with Crippen molar-refractivity contribution in [3.05, 3.63) is 35.9 Å². The fourth-order valence-corrected chi connectivity index (χ4v) is 1.53. The zero-order valence-electron chi connectivity index (χ0n) is 9.86. The molecule has 0 fully saturated rings. The van der Waals surface area contributed by atoms with Crippen molar-refractivity contribution in [1.82, 2.24) is 5.32 Å². The smallest absolute Gasteiger partial charge is 0.237 e. The van der Waals surface area contributed by atoms with Crippen molar-refractivity contribution in [2.75, 3.05) is 7.05 Å². The number of nitrogens with one attached hydrogen (secondary N) is 1. The summed E-state index contributed by atoms with van der Waals surface area (Å²) in [6, 6.07) is 9.29. The Bertz CT molecular complexity index is 338. The van der Waals surface area contributed by atoms with E-state index in [-0.39, 0.29) is 23.7 Å². The van der Waals surface area contributed by atoms with Crippen LogP contribution in [0.4, 0.5) is 0 Å². The molecule has 0 aromatic heterocycles. The van der Waals surface area contributed by atoms with E-state index < -0.39 is 6.04 Å². The Kier molecular flexibility index (Phi) is 5.48. The van der Waals surface area contributed by atoms with Crippen molar-refractivity contribution >= 4 is 18.3 Å². The van der Waals surface area contributed by atoms with Gasteiger partial charge in [-0.3, -0.25) is 4.79 Å². The van der Waals surface area contributed by atoms with E-state index in [0.29, 0.717) is 0 Å². The minimum atomic E-state index is -0.537. The Morgan fingerprint density at radius 3 is 2.25 bits per heavy atom. The van der Waals surface area contributed by atoms with Crippen molar-refractivity contribution in [3.63, 3.8) is 0 Å². The van der Waals surface area contributed by atoms with Crippen molar-refractivity contribution in [1.29, 1.82) is 0 Å². The van der Waals surface area contributed by atoms with E-state index in [9.17, 15) is 4.79 Å². The predicted molar refractivity (Wildman–Crippen MR) is 68.8 cm³/mol. The van der Waals surface area contributed by atoms with Crippen LogP contribution >= 0.6 is 12.4 Å². The van der Waals surface area contributed by atoms with Crippen molar-refractivity contribution in [3.8, 4) is 0 Å². The fraction of sp³-hybridized carbons (Fsp3) is 0.417. The van der Waals surface area contributed by atoms with Crippen LogP contribution in [0.25, 0.3) is 0 Å². The second-order valence-corrected chi connectivity index (χ2v) is 4.18. The number of likely N-dealkylation sites (N-methyl/N-ethyl adjacent to an activating group) is 1. The summed E-state index contributed by atoms with van der Waals surface area (Å²) >= 11 is 0. The van der Waals surface area contributed by atoms with Crippen molar-refractivity contribution in [2.24, 2.45) is 5.73 Å². The predicted octanol–water partition coefficient (Wildman–Crippen LogP) is 1.46. The molecule has 0 spiro atoms. The molecule has 0 heterocycles. The van der Waals surface area contributed by atoms with Gasteiger partial charge in [0.15, 0.2) is 0 Å². The molecule has 1 aromatic rings. The van der Waals surface area contributed by atoms with Gasteiger partial charge in [0.05, 0.1) is 6.04 Å². The molecule has 3 nitrogen and oxygen atoms in total. The summed E-state index contributed by atoms with van der Waals surface area (Å²) in [5.74, 6) is -0.135. The average Bonchev–Trinajstić information content (AvgIpc) is 2.28. The number of rotatable bonds is 3. The largest absolute Gasteiger partial charge is 0.358 e. The fourth-order valence-electron chi connectivity index (χ4n) is 1.53. The Morgan fingerprint density at radius 1 is 1.31 bits per heavy atom. The van der Waals surface area contributed by atoms with Gasteiger partial charge in [-0.2, -0.15) is 0 Å². The van der Waals surface area contributed by atoms with Crippen LogP contribution in [0.5, 0.6) is 0 Å². The maximum absolute atomic E-state index is 11.5. The second-order valence-electron chi connectivity index (χ2n) is 4.18. The minimum absolute atomic E-state index is 0. The molecular formula is C12H19ClN2O. The molecule has 1 rings (SSSR count). The van der Waals surface area contributed by atoms with E-state index in [1.807, 2.05) is 44.2 Å². The second kappa shape index (κ2) is 5.87. The first-order valence-corrected chi connectivity index (χ1v) is 5.03. The van der Waals surface area contributed by atoms with Gasteiger partial charge in [0.1, 0.15) is 0 Å². The summed E-state index contributed by atoms with van der Waals surface area (Å²) in [5, 5.41) is 2.58. The minimum Gasteiger partial charge on any atom is -0.358 e. The van der Waals surface area contributed by atoms with E-state index in [4.69, 9.17) is 5.73 Å². The highest BCUT2D eigenvalue weighted by atomic mass is 35.5. The molecule has 90 valence electrons. The molecule has 0 saturated heterocycles. The lowest BCUT2D eigenvalue weighted by molar-refractivity contribution is -0.123. The van der Waals surface area contributed by atoms with E-state index in [1.54, 1.807) is 7.05 Å². The van der Waals surface area contributed by atoms with Crippen LogP contribution in [0.2, 0.25) is 0 Å². The molecule has 0 aliphatic rings. The quantitative estimate of drug-likeness (QED) is 0.843. The molecule has 3 N–H and O–H groups in total. The number of carbonyl (C=O) groups excluding carboxylic acids is 1. The average molecular weight is 243 g/mol. The first-order chi connectivity index (χ1) is 7.00. The van der Waals surface area contributed by atoms with Crippen LogP contribution in [0, 0.1) is 0 Å². The van der Waals surface area contributed by atoms with Gasteiger partial charge in [-0.25, -0.2) is 0 Å². The van der Waals surface area contributed by atoms with Crippen LogP contribution in [0.3, 0.4) is 0 Å². The summed E-state index contributed by atoms with van der Waals surface area (Å²) in [6.45, 7) is 3.95. The molecule has 0 radical (unpaired) electrons. The summed E-state index contributed by atoms with van der Waals surface area (Å²) in [6.07, 6.45) is 0. The first kappa shape index (κ1) is 14.9. The van der Waals surface area contributed by atoms with E-state index >= 15 is 0 Å². The van der Waals surface area contributed by atoms with Gasteiger partial charge in [0.2, 0.25) is 5.91 Å². The number of nitrogens with two attached hydrogens (primary N) is 1. The van der Waals surface area contributed by atoms with Crippen LogP contribution < -0.4 is 11.1 Å². The SMILES string of the molecule is CNC(=O)[C@@H](N)C(C)(C)c1ccccc1.Cl. The molecule has 16 heavy (non-hydrogen) atoms. The Hall–Kier alpha value is -1.06. The molecule has 1 aromatic carbocycles. The highest BCUT2D eigenvalue weighted by Gasteiger charge is 2.32. The highest BCUT2D eigenvalue weighted by Crippen LogP contribution is 2.25. The van der Waals surface area contributed by atoms with E-state index in [0.717, 1.165) is 5.56 Å². The Morgan fingerprint density at radius 2 is 1.81 bits per heavy atom. The molecule has 0 saturated carbocycles. The van der Waals surface area contributed by atoms with Crippen LogP contribution in [-0.2, 0) is 10.2 Å². The molecule has 0 aliphatic heterocycles. The lowest BCUT2D eigenvalue weighted by Crippen LogP contribution is -2.51. The van der Waals surface area contributed by atoms with Gasteiger partial charge in [-0.15, -0.1) is 12.4 Å². The van der Waals surface area contributed by atoms with Crippen LogP contribution in [0.1, 0.15) is 19.4 Å². The normalized spacial score (nSPS) is 12.5. The first-order valence-electron chi connectivity index (χ1n) is 5.03. The maximum Gasteiger partial charge on any atom is 0.237 e. The van der Waals surface area contributed by atoms with Gasteiger partial charge >= 0.3 is 0 Å². The third-order valence-electron chi connectivity index (χ3n) is 2.82. The number of hydrogen-bond acceptors (Lipinski definition) is 2. The highest BCUT2D eigenvalue weighted by molar-refractivity contribution is 5.85. The van der Waals surface area contributed by atoms with Crippen molar-refractivity contribution < 1.29 is 4.79 Å². The summed E-state index contributed by atoms with van der Waals surface area (Å²) in [4.78, 5) is 11.5. The van der Waals surface area contributed by atoms with Gasteiger partial charge in [0, 0.05) is 12.5 Å². The molecule has 4 heteroatoms. The third-order valence-corrected chi connectivity index (χ3v) is 2.82. The number of halogens is 1. The standard InChI is InChI=1S/C12H18N2O.ClH/c1-12(2,10(13)11(15)14-3)9-7-5-4-6-8-9;/h4-8,10H,13H2,1-3H3,(H,14,15);1H/t10-;/m1./s1. The molecule has 1 amide bonds. The number of carbonyl (C=O) groups is 1. The maximum atomic E-state index is 11.5. The number of amides is 1. The van der Waals surface area contributed by atoms with E-state index in [1.165, 1.54) is 0 Å². The monoisotopic (exact) mass is 242 g/mol. The molecular weight excluding hydrogens is 224 g/mol. The lowest BCUT2D eigenvalue weighted by atomic mass is 9.78. The lowest BCUT2D eigenvalue weighted by Gasteiger charge is -2.30. The van der Waals surface area contributed by atoms with Crippen LogP contribution in [0.15, 0.2) is 30.3 Å². The topological polar surface area (TPSA) is 55.1 Å². The molecule has 1 atom stereocenters. The van der Waals surface area contributed by atoms with Crippen LogP contribution in [-0.4, -0.2) is 19.0 Å². The van der Waals surface area contributed by atoms with Gasteiger partial charge in [-0.1, -0.05) is 44.2 Å². The zero-order chi connectivity index (χ0) is 11.5. The van der Waals surface area contributed by atoms with Gasteiger partial charge < -0.3 is 11.1 Å². The zero-order valence-corrected chi connectivity index (χ0v) is 10.7. The third kappa shape index (κ3) is 2.97.